The van der Waals surface area contributed by atoms with Crippen LogP contribution in [0.15, 0.2) is 11.4 Å². The minimum atomic E-state index is -1.02. The zero-order chi connectivity index (χ0) is 14.1. The fourth-order valence-corrected chi connectivity index (χ4v) is 2.36. The molecule has 6 heteroatoms. The van der Waals surface area contributed by atoms with Gasteiger partial charge in [-0.15, -0.1) is 11.3 Å². The van der Waals surface area contributed by atoms with Gasteiger partial charge in [0.1, 0.15) is 4.88 Å². The largest absolute Gasteiger partial charge is 0.477 e. The molecule has 2 amide bonds. The Balaban J connectivity index is 2.24. The van der Waals surface area contributed by atoms with Crippen molar-refractivity contribution in [1.29, 1.82) is 0 Å². The predicted octanol–water partition coefficient (Wildman–Crippen LogP) is 3.54. The molecule has 0 fully saturated rings. The monoisotopic (exact) mass is 284 g/mol. The molecule has 0 radical (unpaired) electrons. The van der Waals surface area contributed by atoms with Crippen LogP contribution in [0.25, 0.3) is 0 Å². The van der Waals surface area contributed by atoms with Crippen molar-refractivity contribution in [3.05, 3.63) is 16.3 Å². The lowest BCUT2D eigenvalue weighted by Crippen LogP contribution is -2.29. The Bertz CT molecular complexity index is 418. The van der Waals surface area contributed by atoms with Crippen molar-refractivity contribution in [1.82, 2.24) is 5.32 Å². The highest BCUT2D eigenvalue weighted by molar-refractivity contribution is 7.12. The Labute approximate surface area is 117 Å². The lowest BCUT2D eigenvalue weighted by molar-refractivity contribution is 0.0703. The number of carbonyl (C=O) groups excluding carboxylic acids is 1. The van der Waals surface area contributed by atoms with Crippen LogP contribution in [0, 0.1) is 0 Å². The lowest BCUT2D eigenvalue weighted by atomic mass is 10.1. The molecule has 0 aromatic carbocycles. The van der Waals surface area contributed by atoms with Crippen LogP contribution in [0.1, 0.15) is 48.7 Å². The smallest absolute Gasteiger partial charge is 0.348 e. The van der Waals surface area contributed by atoms with Crippen molar-refractivity contribution in [2.24, 2.45) is 0 Å². The van der Waals surface area contributed by atoms with E-state index in [1.54, 1.807) is 11.4 Å². The molecule has 0 spiro atoms. The third kappa shape index (κ3) is 5.74. The number of urea groups is 1. The van der Waals surface area contributed by atoms with Crippen LogP contribution < -0.4 is 10.6 Å². The van der Waals surface area contributed by atoms with Gasteiger partial charge in [-0.25, -0.2) is 9.59 Å². The summed E-state index contributed by atoms with van der Waals surface area (Å²) in [6.45, 7) is 2.77. The number of carboxylic acids is 1. The van der Waals surface area contributed by atoms with Gasteiger partial charge in [0.05, 0.1) is 5.69 Å². The van der Waals surface area contributed by atoms with Crippen LogP contribution in [-0.2, 0) is 0 Å². The number of carboxylic acid groups (broad SMARTS) is 1. The number of hydrogen-bond donors (Lipinski definition) is 3. The summed E-state index contributed by atoms with van der Waals surface area (Å²) in [5.41, 5.74) is 0.348. The highest BCUT2D eigenvalue weighted by Gasteiger charge is 2.13. The summed E-state index contributed by atoms with van der Waals surface area (Å²) in [6, 6.07) is 1.24. The molecular formula is C13H20N2O3S. The number of carbonyl (C=O) groups is 2. The Morgan fingerprint density at radius 2 is 2.00 bits per heavy atom. The first-order valence-corrected chi connectivity index (χ1v) is 7.38. The number of thiophene rings is 1. The molecule has 0 bridgehead atoms. The van der Waals surface area contributed by atoms with Crippen molar-refractivity contribution in [2.75, 3.05) is 11.9 Å². The highest BCUT2D eigenvalue weighted by atomic mass is 32.1. The molecule has 0 aliphatic carbocycles. The summed E-state index contributed by atoms with van der Waals surface area (Å²) in [4.78, 5) is 22.6. The molecule has 1 rings (SSSR count). The number of amides is 2. The maximum absolute atomic E-state index is 11.6. The first-order valence-electron chi connectivity index (χ1n) is 6.50. The fraction of sp³-hybridized carbons (Fsp3) is 0.538. The van der Waals surface area contributed by atoms with Crippen molar-refractivity contribution < 1.29 is 14.7 Å². The Morgan fingerprint density at radius 1 is 1.26 bits per heavy atom. The predicted molar refractivity (Wildman–Crippen MR) is 77.1 cm³/mol. The molecule has 3 N–H and O–H groups in total. The maximum atomic E-state index is 11.6. The summed E-state index contributed by atoms with van der Waals surface area (Å²) in [5.74, 6) is -1.02. The van der Waals surface area contributed by atoms with Gasteiger partial charge < -0.3 is 15.7 Å². The molecular weight excluding hydrogens is 264 g/mol. The molecule has 1 aromatic heterocycles. The number of rotatable bonds is 8. The molecule has 0 saturated carbocycles. The number of aromatic carboxylic acids is 1. The second-order valence-electron chi connectivity index (χ2n) is 4.26. The van der Waals surface area contributed by atoms with Gasteiger partial charge in [-0.2, -0.15) is 0 Å². The first-order chi connectivity index (χ1) is 9.15. The average Bonchev–Trinajstić information content (AvgIpc) is 2.81. The zero-order valence-corrected chi connectivity index (χ0v) is 11.9. The topological polar surface area (TPSA) is 78.4 Å². The second kappa shape index (κ2) is 8.53. The van der Waals surface area contributed by atoms with Gasteiger partial charge in [0.15, 0.2) is 0 Å². The average molecular weight is 284 g/mol. The Morgan fingerprint density at radius 3 is 2.68 bits per heavy atom. The van der Waals surface area contributed by atoms with E-state index in [4.69, 9.17) is 5.11 Å². The van der Waals surface area contributed by atoms with E-state index in [0.717, 1.165) is 24.2 Å². The Kier molecular flexibility index (Phi) is 6.95. The molecule has 19 heavy (non-hydrogen) atoms. The van der Waals surface area contributed by atoms with Crippen LogP contribution >= 0.6 is 11.3 Å². The number of hydrogen-bond acceptors (Lipinski definition) is 3. The normalized spacial score (nSPS) is 10.2. The molecule has 1 aromatic rings. The maximum Gasteiger partial charge on any atom is 0.348 e. The molecule has 0 atom stereocenters. The van der Waals surface area contributed by atoms with E-state index >= 15 is 0 Å². The first kappa shape index (κ1) is 15.5. The lowest BCUT2D eigenvalue weighted by Gasteiger charge is -2.07. The molecule has 0 aliphatic rings. The summed E-state index contributed by atoms with van der Waals surface area (Å²) in [5, 5.41) is 15.8. The van der Waals surface area contributed by atoms with E-state index in [0.29, 0.717) is 12.2 Å². The quantitative estimate of drug-likeness (QED) is 0.639. The SMILES string of the molecule is CCCCCCCNC(=O)Nc1ccsc1C(=O)O. The van der Waals surface area contributed by atoms with Gasteiger partial charge >= 0.3 is 12.0 Å². The van der Waals surface area contributed by atoms with Crippen LogP contribution in [-0.4, -0.2) is 23.7 Å². The summed E-state index contributed by atoms with van der Waals surface area (Å²) in [6.07, 6.45) is 5.66. The van der Waals surface area contributed by atoms with E-state index in [2.05, 4.69) is 17.6 Å². The van der Waals surface area contributed by atoms with Crippen molar-refractivity contribution >= 4 is 29.0 Å². The van der Waals surface area contributed by atoms with Gasteiger partial charge in [-0.1, -0.05) is 32.6 Å². The molecule has 0 aliphatic heterocycles. The highest BCUT2D eigenvalue weighted by Crippen LogP contribution is 2.21. The summed E-state index contributed by atoms with van der Waals surface area (Å²) < 4.78 is 0. The van der Waals surface area contributed by atoms with Crippen molar-refractivity contribution in [2.45, 2.75) is 39.0 Å². The minimum Gasteiger partial charge on any atom is -0.477 e. The van der Waals surface area contributed by atoms with E-state index in [9.17, 15) is 9.59 Å². The second-order valence-corrected chi connectivity index (χ2v) is 5.18. The third-order valence-electron chi connectivity index (χ3n) is 2.67. The molecule has 1 heterocycles. The van der Waals surface area contributed by atoms with Crippen molar-refractivity contribution in [3.8, 4) is 0 Å². The molecule has 0 saturated heterocycles. The van der Waals surface area contributed by atoms with Gasteiger partial charge in [-0.05, 0) is 17.9 Å². The number of anilines is 1. The van der Waals surface area contributed by atoms with Gasteiger partial charge in [0.2, 0.25) is 0 Å². The summed E-state index contributed by atoms with van der Waals surface area (Å²) >= 11 is 1.10. The van der Waals surface area contributed by atoms with Gasteiger partial charge in [0.25, 0.3) is 0 Å². The van der Waals surface area contributed by atoms with Crippen molar-refractivity contribution in [3.63, 3.8) is 0 Å². The minimum absolute atomic E-state index is 0.151. The third-order valence-corrected chi connectivity index (χ3v) is 3.58. The molecule has 106 valence electrons. The van der Waals surface area contributed by atoms with E-state index in [1.165, 1.54) is 19.3 Å². The number of unbranched alkanes of at least 4 members (excludes halogenated alkanes) is 4. The fourth-order valence-electron chi connectivity index (χ4n) is 1.67. The Hall–Kier alpha value is -1.56. The van der Waals surface area contributed by atoms with Crippen LogP contribution in [0.2, 0.25) is 0 Å². The van der Waals surface area contributed by atoms with E-state index < -0.39 is 5.97 Å². The molecule has 5 nitrogen and oxygen atoms in total. The number of nitrogens with one attached hydrogen (secondary N) is 2. The van der Waals surface area contributed by atoms with Crippen LogP contribution in [0.5, 0.6) is 0 Å². The molecule has 0 unspecified atom stereocenters. The standard InChI is InChI=1S/C13H20N2O3S/c1-2-3-4-5-6-8-14-13(18)15-10-7-9-19-11(10)12(16)17/h7,9H,2-6,8H2,1H3,(H,16,17)(H2,14,15,18). The van der Waals surface area contributed by atoms with Crippen LogP contribution in [0.3, 0.4) is 0 Å². The van der Waals surface area contributed by atoms with Crippen LogP contribution in [0.4, 0.5) is 10.5 Å². The van der Waals surface area contributed by atoms with Gasteiger partial charge in [0, 0.05) is 6.54 Å². The zero-order valence-electron chi connectivity index (χ0n) is 11.1. The van der Waals surface area contributed by atoms with E-state index in [1.807, 2.05) is 0 Å². The van der Waals surface area contributed by atoms with Gasteiger partial charge in [-0.3, -0.25) is 0 Å². The van der Waals surface area contributed by atoms with E-state index in [-0.39, 0.29) is 10.9 Å². The summed E-state index contributed by atoms with van der Waals surface area (Å²) in [7, 11) is 0.